The minimum atomic E-state index is -3.63. The zero-order valence-corrected chi connectivity index (χ0v) is 20.3. The van der Waals surface area contributed by atoms with Crippen molar-refractivity contribution in [2.75, 3.05) is 23.4 Å². The third kappa shape index (κ3) is 6.00. The third-order valence-electron chi connectivity index (χ3n) is 5.75. The maximum Gasteiger partial charge on any atom is 0.233 e. The molecule has 1 aromatic carbocycles. The highest BCUT2D eigenvalue weighted by Crippen LogP contribution is 2.25. The van der Waals surface area contributed by atoms with Crippen molar-refractivity contribution in [1.29, 1.82) is 0 Å². The van der Waals surface area contributed by atoms with E-state index in [-0.39, 0.29) is 18.2 Å². The summed E-state index contributed by atoms with van der Waals surface area (Å²) in [5.74, 6) is 0.315. The molecule has 0 radical (unpaired) electrons. The Balaban J connectivity index is 1.72. The van der Waals surface area contributed by atoms with Crippen LogP contribution in [-0.2, 0) is 27.9 Å². The molecule has 1 aromatic heterocycles. The van der Waals surface area contributed by atoms with Gasteiger partial charge in [-0.15, -0.1) is 10.2 Å². The van der Waals surface area contributed by atoms with Crippen molar-refractivity contribution in [2.24, 2.45) is 0 Å². The molecule has 1 amide bonds. The molecule has 11 heteroatoms. The molecule has 1 heterocycles. The molecule has 32 heavy (non-hydrogen) atoms. The van der Waals surface area contributed by atoms with E-state index < -0.39 is 15.8 Å². The van der Waals surface area contributed by atoms with Crippen LogP contribution in [0, 0.1) is 5.82 Å². The first-order valence-electron chi connectivity index (χ1n) is 10.7. The standard InChI is InChI=1S/C21H30FN5O3S2/c1-4-26-19(14-27(32(3,29)30)18-12-10-16(22)11-13-18)23-24-21(26)31-15-20(28)25(2)17-8-6-5-7-9-17/h10-13,17H,4-9,14-15H2,1-3H3. The number of anilines is 1. The average Bonchev–Trinajstić information content (AvgIpc) is 3.17. The van der Waals surface area contributed by atoms with Crippen LogP contribution in [0.4, 0.5) is 10.1 Å². The number of amides is 1. The number of nitrogens with zero attached hydrogens (tertiary/aromatic N) is 5. The van der Waals surface area contributed by atoms with Gasteiger partial charge in [-0.25, -0.2) is 12.8 Å². The number of sulfonamides is 1. The molecule has 176 valence electrons. The Bertz CT molecular complexity index is 1020. The van der Waals surface area contributed by atoms with Gasteiger partial charge >= 0.3 is 0 Å². The van der Waals surface area contributed by atoms with Gasteiger partial charge in [0.25, 0.3) is 0 Å². The van der Waals surface area contributed by atoms with Gasteiger partial charge in [0.15, 0.2) is 11.0 Å². The lowest BCUT2D eigenvalue weighted by atomic mass is 9.94. The van der Waals surface area contributed by atoms with Crippen LogP contribution in [0.5, 0.6) is 0 Å². The summed E-state index contributed by atoms with van der Waals surface area (Å²) in [6, 6.07) is 5.56. The third-order valence-corrected chi connectivity index (χ3v) is 7.84. The number of carbonyl (C=O) groups is 1. The van der Waals surface area contributed by atoms with Crippen LogP contribution in [0.2, 0.25) is 0 Å². The van der Waals surface area contributed by atoms with Crippen molar-refractivity contribution in [3.05, 3.63) is 35.9 Å². The minimum absolute atomic E-state index is 0.0399. The molecule has 1 aliphatic carbocycles. The Labute approximate surface area is 193 Å². The van der Waals surface area contributed by atoms with Crippen LogP contribution in [-0.4, -0.2) is 59.1 Å². The van der Waals surface area contributed by atoms with Gasteiger partial charge in [0, 0.05) is 19.6 Å². The molecule has 0 atom stereocenters. The first-order valence-corrected chi connectivity index (χ1v) is 13.6. The first-order chi connectivity index (χ1) is 15.2. The highest BCUT2D eigenvalue weighted by Gasteiger charge is 2.24. The number of thioether (sulfide) groups is 1. The molecule has 0 N–H and O–H groups in total. The second-order valence-electron chi connectivity index (χ2n) is 7.97. The maximum atomic E-state index is 13.3. The average molecular weight is 484 g/mol. The molecule has 8 nitrogen and oxygen atoms in total. The molecule has 0 aliphatic heterocycles. The number of rotatable bonds is 9. The van der Waals surface area contributed by atoms with E-state index in [1.54, 1.807) is 4.57 Å². The van der Waals surface area contributed by atoms with E-state index in [2.05, 4.69) is 10.2 Å². The normalized spacial score (nSPS) is 15.0. The number of aromatic nitrogens is 3. The SMILES string of the molecule is CCn1c(CN(c2ccc(F)cc2)S(C)(=O)=O)nnc1SCC(=O)N(C)C1CCCCC1. The van der Waals surface area contributed by atoms with Crippen LogP contribution in [0.3, 0.4) is 0 Å². The fraction of sp³-hybridized carbons (Fsp3) is 0.571. The van der Waals surface area contributed by atoms with E-state index in [4.69, 9.17) is 0 Å². The zero-order chi connectivity index (χ0) is 23.3. The lowest BCUT2D eigenvalue weighted by Gasteiger charge is -2.31. The van der Waals surface area contributed by atoms with Gasteiger partial charge in [-0.3, -0.25) is 9.10 Å². The van der Waals surface area contributed by atoms with Gasteiger partial charge in [0.05, 0.1) is 24.2 Å². The second-order valence-corrected chi connectivity index (χ2v) is 10.8. The Kier molecular flexibility index (Phi) is 8.16. The summed E-state index contributed by atoms with van der Waals surface area (Å²) in [5.41, 5.74) is 0.345. The van der Waals surface area contributed by atoms with Crippen LogP contribution in [0.25, 0.3) is 0 Å². The van der Waals surface area contributed by atoms with Gasteiger partial charge in [-0.1, -0.05) is 31.0 Å². The van der Waals surface area contributed by atoms with E-state index in [9.17, 15) is 17.6 Å². The Morgan fingerprint density at radius 1 is 1.19 bits per heavy atom. The number of halogens is 1. The predicted molar refractivity (Wildman–Crippen MR) is 123 cm³/mol. The van der Waals surface area contributed by atoms with E-state index in [1.807, 2.05) is 18.9 Å². The zero-order valence-electron chi connectivity index (χ0n) is 18.7. The lowest BCUT2D eigenvalue weighted by molar-refractivity contribution is -0.129. The molecule has 0 saturated heterocycles. The van der Waals surface area contributed by atoms with E-state index >= 15 is 0 Å². The quantitative estimate of drug-likeness (QED) is 0.509. The molecule has 1 aliphatic rings. The molecule has 0 bridgehead atoms. The Morgan fingerprint density at radius 3 is 2.44 bits per heavy atom. The largest absolute Gasteiger partial charge is 0.342 e. The van der Waals surface area contributed by atoms with E-state index in [0.29, 0.717) is 29.3 Å². The summed E-state index contributed by atoms with van der Waals surface area (Å²) in [7, 11) is -1.77. The second kappa shape index (κ2) is 10.7. The van der Waals surface area contributed by atoms with Crippen LogP contribution in [0.1, 0.15) is 44.9 Å². The van der Waals surface area contributed by atoms with E-state index in [0.717, 1.165) is 31.9 Å². The van der Waals surface area contributed by atoms with Crippen molar-refractivity contribution >= 4 is 33.4 Å². The molecular weight excluding hydrogens is 453 g/mol. The smallest absolute Gasteiger partial charge is 0.233 e. The van der Waals surface area contributed by atoms with Gasteiger partial charge in [-0.2, -0.15) is 0 Å². The molecule has 1 saturated carbocycles. The van der Waals surface area contributed by atoms with Crippen LogP contribution < -0.4 is 4.31 Å². The summed E-state index contributed by atoms with van der Waals surface area (Å²) in [6.07, 6.45) is 6.75. The Hall–Kier alpha value is -2.14. The van der Waals surface area contributed by atoms with E-state index in [1.165, 1.54) is 46.8 Å². The van der Waals surface area contributed by atoms with Crippen molar-refractivity contribution < 1.29 is 17.6 Å². The summed E-state index contributed by atoms with van der Waals surface area (Å²) in [6.45, 7) is 2.40. The summed E-state index contributed by atoms with van der Waals surface area (Å²) in [4.78, 5) is 14.5. The van der Waals surface area contributed by atoms with Crippen molar-refractivity contribution in [3.63, 3.8) is 0 Å². The number of carbonyl (C=O) groups excluding carboxylic acids is 1. The number of hydrogen-bond acceptors (Lipinski definition) is 6. The Morgan fingerprint density at radius 2 is 1.84 bits per heavy atom. The summed E-state index contributed by atoms with van der Waals surface area (Å²) < 4.78 is 41.0. The molecular formula is C21H30FN5O3S2. The van der Waals surface area contributed by atoms with Crippen molar-refractivity contribution in [3.8, 4) is 0 Å². The predicted octanol–water partition coefficient (Wildman–Crippen LogP) is 3.29. The van der Waals surface area contributed by atoms with Crippen LogP contribution >= 0.6 is 11.8 Å². The van der Waals surface area contributed by atoms with Gasteiger partial charge in [0.1, 0.15) is 5.82 Å². The highest BCUT2D eigenvalue weighted by molar-refractivity contribution is 7.99. The van der Waals surface area contributed by atoms with Gasteiger partial charge < -0.3 is 9.47 Å². The molecule has 0 spiro atoms. The fourth-order valence-electron chi connectivity index (χ4n) is 3.90. The van der Waals surface area contributed by atoms with Gasteiger partial charge in [0.2, 0.25) is 15.9 Å². The minimum Gasteiger partial charge on any atom is -0.342 e. The van der Waals surface area contributed by atoms with Crippen molar-refractivity contribution in [2.45, 2.75) is 63.3 Å². The first kappa shape index (κ1) is 24.5. The maximum absolute atomic E-state index is 13.3. The molecule has 1 fully saturated rings. The number of hydrogen-bond donors (Lipinski definition) is 0. The monoisotopic (exact) mass is 483 g/mol. The molecule has 3 rings (SSSR count). The van der Waals surface area contributed by atoms with Crippen molar-refractivity contribution in [1.82, 2.24) is 19.7 Å². The number of benzene rings is 1. The molecule has 0 unspecified atom stereocenters. The van der Waals surface area contributed by atoms with Gasteiger partial charge in [-0.05, 0) is 44.0 Å². The topological polar surface area (TPSA) is 88.4 Å². The highest BCUT2D eigenvalue weighted by atomic mass is 32.2. The fourth-order valence-corrected chi connectivity index (χ4v) is 5.70. The van der Waals surface area contributed by atoms with Crippen LogP contribution in [0.15, 0.2) is 29.4 Å². The summed E-state index contributed by atoms with van der Waals surface area (Å²) in [5, 5.41) is 8.95. The summed E-state index contributed by atoms with van der Waals surface area (Å²) >= 11 is 1.31. The molecule has 2 aromatic rings. The lowest BCUT2D eigenvalue weighted by Crippen LogP contribution is -2.39.